The Kier molecular flexibility index (Phi) is 4.94. The number of rotatable bonds is 7. The molecule has 0 bridgehead atoms. The molecular formula is C18H20N4O3S. The number of hydrogen-bond acceptors (Lipinski definition) is 5. The van der Waals surface area contributed by atoms with Crippen LogP contribution in [0.5, 0.6) is 0 Å². The second-order valence-corrected chi connectivity index (χ2v) is 7.94. The first-order valence-corrected chi connectivity index (χ1v) is 9.80. The highest BCUT2D eigenvalue weighted by Crippen LogP contribution is 2.21. The van der Waals surface area contributed by atoms with Gasteiger partial charge in [0.15, 0.2) is 15.5 Å². The molecule has 0 fully saturated rings. The smallest absolute Gasteiger partial charge is 0.350 e. The maximum absolute atomic E-state index is 12.2. The van der Waals surface area contributed by atoms with Gasteiger partial charge in [0, 0.05) is 18.4 Å². The van der Waals surface area contributed by atoms with Crippen LogP contribution in [0.3, 0.4) is 0 Å². The number of nitrogens with zero attached hydrogens (tertiary/aromatic N) is 3. The molecule has 7 nitrogen and oxygen atoms in total. The van der Waals surface area contributed by atoms with E-state index in [1.165, 1.54) is 15.2 Å². The molecule has 26 heavy (non-hydrogen) atoms. The third-order valence-electron chi connectivity index (χ3n) is 4.03. The molecule has 1 N–H and O–H groups in total. The molecule has 136 valence electrons. The van der Waals surface area contributed by atoms with Crippen molar-refractivity contribution >= 4 is 21.2 Å². The standard InChI is InChI=1S/C18H20N4O3S/c1-3-12-26(24,25)15-8-7-14(2)16(13-15)19-9-11-22-18(23)21-10-5-4-6-17(21)20-22/h3-8,10,13,19H,1,9,11-12H2,2H3. The van der Waals surface area contributed by atoms with Gasteiger partial charge in [-0.1, -0.05) is 18.2 Å². The Morgan fingerprint density at radius 1 is 1.27 bits per heavy atom. The Hall–Kier alpha value is -2.87. The summed E-state index contributed by atoms with van der Waals surface area (Å²) in [6.45, 7) is 6.18. The van der Waals surface area contributed by atoms with Gasteiger partial charge < -0.3 is 5.32 Å². The van der Waals surface area contributed by atoms with Gasteiger partial charge in [-0.15, -0.1) is 11.7 Å². The number of fused-ring (bicyclic) bond motifs is 1. The van der Waals surface area contributed by atoms with Crippen LogP contribution in [0.15, 0.2) is 64.9 Å². The van der Waals surface area contributed by atoms with Crippen molar-refractivity contribution in [3.63, 3.8) is 0 Å². The number of aromatic nitrogens is 3. The van der Waals surface area contributed by atoms with Gasteiger partial charge in [0.25, 0.3) is 0 Å². The van der Waals surface area contributed by atoms with Crippen molar-refractivity contribution in [2.75, 3.05) is 17.6 Å². The predicted molar refractivity (Wildman–Crippen MR) is 101 cm³/mol. The zero-order chi connectivity index (χ0) is 18.7. The highest BCUT2D eigenvalue weighted by Gasteiger charge is 2.14. The van der Waals surface area contributed by atoms with E-state index in [0.29, 0.717) is 24.4 Å². The van der Waals surface area contributed by atoms with E-state index in [-0.39, 0.29) is 16.3 Å². The minimum absolute atomic E-state index is 0.105. The second-order valence-electron chi connectivity index (χ2n) is 5.91. The number of hydrogen-bond donors (Lipinski definition) is 1. The molecule has 2 aromatic heterocycles. The molecule has 3 aromatic rings. The Labute approximate surface area is 151 Å². The Bertz CT molecular complexity index is 1110. The fraction of sp³-hybridized carbons (Fsp3) is 0.222. The molecule has 0 saturated carbocycles. The van der Waals surface area contributed by atoms with E-state index in [1.807, 2.05) is 13.0 Å². The summed E-state index contributed by atoms with van der Waals surface area (Å²) in [6.07, 6.45) is 3.05. The van der Waals surface area contributed by atoms with E-state index in [2.05, 4.69) is 17.0 Å². The maximum atomic E-state index is 12.2. The van der Waals surface area contributed by atoms with Crippen molar-refractivity contribution in [3.8, 4) is 0 Å². The second kappa shape index (κ2) is 7.17. The van der Waals surface area contributed by atoms with Crippen LogP contribution in [0.4, 0.5) is 5.69 Å². The number of aryl methyl sites for hydroxylation is 1. The third kappa shape index (κ3) is 3.55. The molecule has 2 heterocycles. The summed E-state index contributed by atoms with van der Waals surface area (Å²) >= 11 is 0. The minimum atomic E-state index is -3.38. The number of pyridine rings is 1. The van der Waals surface area contributed by atoms with E-state index in [1.54, 1.807) is 36.5 Å². The van der Waals surface area contributed by atoms with E-state index in [9.17, 15) is 13.2 Å². The van der Waals surface area contributed by atoms with E-state index in [4.69, 9.17) is 0 Å². The number of anilines is 1. The molecule has 0 aliphatic rings. The van der Waals surface area contributed by atoms with Crippen LogP contribution < -0.4 is 11.0 Å². The normalized spacial score (nSPS) is 11.6. The molecule has 0 radical (unpaired) electrons. The largest absolute Gasteiger partial charge is 0.383 e. The minimum Gasteiger partial charge on any atom is -0.383 e. The van der Waals surface area contributed by atoms with Crippen LogP contribution >= 0.6 is 0 Å². The van der Waals surface area contributed by atoms with Crippen molar-refractivity contribution in [2.24, 2.45) is 0 Å². The fourth-order valence-corrected chi connectivity index (χ4v) is 3.72. The quantitative estimate of drug-likeness (QED) is 0.640. The Morgan fingerprint density at radius 3 is 2.81 bits per heavy atom. The summed E-state index contributed by atoms with van der Waals surface area (Å²) in [5, 5.41) is 7.46. The summed E-state index contributed by atoms with van der Waals surface area (Å²) in [5.74, 6) is -0.105. The third-order valence-corrected chi connectivity index (χ3v) is 5.68. The summed E-state index contributed by atoms with van der Waals surface area (Å²) in [4.78, 5) is 12.5. The lowest BCUT2D eigenvalue weighted by Crippen LogP contribution is -2.24. The molecule has 0 unspecified atom stereocenters. The van der Waals surface area contributed by atoms with Gasteiger partial charge in [-0.05, 0) is 36.8 Å². The maximum Gasteiger partial charge on any atom is 0.350 e. The molecule has 1 aromatic carbocycles. The average Bonchev–Trinajstić information content (AvgIpc) is 2.93. The van der Waals surface area contributed by atoms with Gasteiger partial charge in [-0.3, -0.25) is 4.40 Å². The lowest BCUT2D eigenvalue weighted by atomic mass is 10.2. The first-order chi connectivity index (χ1) is 12.4. The van der Waals surface area contributed by atoms with Crippen molar-refractivity contribution in [1.29, 1.82) is 0 Å². The van der Waals surface area contributed by atoms with E-state index in [0.717, 1.165) is 5.56 Å². The van der Waals surface area contributed by atoms with Crippen LogP contribution in [0.1, 0.15) is 5.56 Å². The van der Waals surface area contributed by atoms with Gasteiger partial charge in [0.2, 0.25) is 0 Å². The summed E-state index contributed by atoms with van der Waals surface area (Å²) in [7, 11) is -3.38. The lowest BCUT2D eigenvalue weighted by molar-refractivity contribution is 0.599. The van der Waals surface area contributed by atoms with Gasteiger partial charge in [-0.2, -0.15) is 0 Å². The van der Waals surface area contributed by atoms with Crippen LogP contribution in [0.2, 0.25) is 0 Å². The number of sulfone groups is 1. The van der Waals surface area contributed by atoms with Gasteiger partial charge in [-0.25, -0.2) is 17.9 Å². The number of benzene rings is 1. The topological polar surface area (TPSA) is 85.5 Å². The molecule has 3 rings (SSSR count). The molecule has 0 spiro atoms. The molecule has 0 atom stereocenters. The highest BCUT2D eigenvalue weighted by molar-refractivity contribution is 7.91. The molecule has 0 amide bonds. The summed E-state index contributed by atoms with van der Waals surface area (Å²) in [6, 6.07) is 10.3. The zero-order valence-electron chi connectivity index (χ0n) is 14.4. The summed E-state index contributed by atoms with van der Waals surface area (Å²) in [5.41, 5.74) is 2.02. The average molecular weight is 372 g/mol. The Morgan fingerprint density at radius 2 is 2.08 bits per heavy atom. The van der Waals surface area contributed by atoms with Gasteiger partial charge in [0.1, 0.15) is 0 Å². The SMILES string of the molecule is C=CCS(=O)(=O)c1ccc(C)c(NCCn2nc3ccccn3c2=O)c1. The van der Waals surface area contributed by atoms with Crippen molar-refractivity contribution in [3.05, 3.63) is 71.3 Å². The van der Waals surface area contributed by atoms with Crippen molar-refractivity contribution in [2.45, 2.75) is 18.4 Å². The fourth-order valence-electron chi connectivity index (χ4n) is 2.65. The lowest BCUT2D eigenvalue weighted by Gasteiger charge is -2.11. The summed E-state index contributed by atoms with van der Waals surface area (Å²) < 4.78 is 27.2. The molecule has 0 saturated heterocycles. The highest BCUT2D eigenvalue weighted by atomic mass is 32.2. The van der Waals surface area contributed by atoms with Crippen LogP contribution in [-0.2, 0) is 16.4 Å². The Balaban J connectivity index is 1.76. The number of nitrogens with one attached hydrogen (secondary N) is 1. The zero-order valence-corrected chi connectivity index (χ0v) is 15.2. The molecule has 0 aliphatic carbocycles. The van der Waals surface area contributed by atoms with Crippen LogP contribution in [0, 0.1) is 6.92 Å². The van der Waals surface area contributed by atoms with Crippen LogP contribution in [0.25, 0.3) is 5.65 Å². The van der Waals surface area contributed by atoms with Gasteiger partial charge in [0.05, 0.1) is 17.2 Å². The van der Waals surface area contributed by atoms with Gasteiger partial charge >= 0.3 is 5.69 Å². The monoisotopic (exact) mass is 372 g/mol. The molecule has 0 aliphatic heterocycles. The first-order valence-electron chi connectivity index (χ1n) is 8.15. The van der Waals surface area contributed by atoms with E-state index < -0.39 is 9.84 Å². The molecule has 8 heteroatoms. The predicted octanol–water partition coefficient (Wildman–Crippen LogP) is 1.88. The first kappa shape index (κ1) is 17.9. The van der Waals surface area contributed by atoms with Crippen LogP contribution in [-0.4, -0.2) is 34.9 Å². The van der Waals surface area contributed by atoms with E-state index >= 15 is 0 Å². The van der Waals surface area contributed by atoms with Crippen molar-refractivity contribution in [1.82, 2.24) is 14.2 Å². The molecular weight excluding hydrogens is 352 g/mol. The van der Waals surface area contributed by atoms with Crippen molar-refractivity contribution < 1.29 is 8.42 Å².